The first-order chi connectivity index (χ1) is 29.9. The Morgan fingerprint density at radius 2 is 0.934 bits per heavy atom. The molecular weight excluding hydrogens is 759 g/mol. The Balaban J connectivity index is 1.05. The fourth-order valence-corrected chi connectivity index (χ4v) is 11.1. The van der Waals surface area contributed by atoms with Crippen LogP contribution >= 0.6 is 11.8 Å². The molecule has 2 heterocycles. The van der Waals surface area contributed by atoms with Crippen molar-refractivity contribution in [3.05, 3.63) is 239 Å². The molecule has 2 aliphatic rings. The van der Waals surface area contributed by atoms with Gasteiger partial charge in [0, 0.05) is 31.9 Å². The van der Waals surface area contributed by atoms with Crippen molar-refractivity contribution in [2.45, 2.75) is 34.5 Å². The lowest BCUT2D eigenvalue weighted by molar-refractivity contribution is 0.549. The Morgan fingerprint density at radius 3 is 1.62 bits per heavy atom. The van der Waals surface area contributed by atoms with E-state index in [-0.39, 0.29) is 5.41 Å². The minimum Gasteiger partial charge on any atom is -0.228 e. The Morgan fingerprint density at radius 1 is 0.426 bits per heavy atom. The quantitative estimate of drug-likeness (QED) is 0.174. The van der Waals surface area contributed by atoms with Gasteiger partial charge in [-0.2, -0.15) is 5.26 Å². The topological polar surface area (TPSA) is 49.6 Å². The van der Waals surface area contributed by atoms with Gasteiger partial charge in [-0.05, 0) is 86.0 Å². The molecule has 0 N–H and O–H groups in total. The highest BCUT2D eigenvalue weighted by molar-refractivity contribution is 7.99. The van der Waals surface area contributed by atoms with Crippen molar-refractivity contribution in [2.24, 2.45) is 0 Å². The lowest BCUT2D eigenvalue weighted by atomic mass is 9.54. The van der Waals surface area contributed by atoms with Crippen LogP contribution in [-0.4, -0.2) is 9.97 Å². The number of rotatable bonds is 5. The van der Waals surface area contributed by atoms with Crippen molar-refractivity contribution in [1.82, 2.24) is 9.97 Å². The van der Waals surface area contributed by atoms with Crippen LogP contribution in [0.3, 0.4) is 0 Å². The van der Waals surface area contributed by atoms with Gasteiger partial charge in [0.15, 0.2) is 5.82 Å². The number of benzene rings is 8. The zero-order valence-corrected chi connectivity index (χ0v) is 34.6. The third-order valence-electron chi connectivity index (χ3n) is 12.7. The molecule has 1 aromatic heterocycles. The molecule has 3 nitrogen and oxygen atoms in total. The summed E-state index contributed by atoms with van der Waals surface area (Å²) in [6.45, 7) is 4.74. The van der Waals surface area contributed by atoms with Crippen molar-refractivity contribution >= 4 is 11.8 Å². The number of nitriles is 1. The summed E-state index contributed by atoms with van der Waals surface area (Å²) in [7, 11) is 0. The summed E-state index contributed by atoms with van der Waals surface area (Å²) in [6.07, 6.45) is 0. The summed E-state index contributed by atoms with van der Waals surface area (Å²) in [5.41, 5.74) is 17.1. The molecule has 288 valence electrons. The molecule has 1 aliphatic carbocycles. The molecule has 0 saturated carbocycles. The number of hydrogen-bond donors (Lipinski definition) is 0. The molecule has 0 unspecified atom stereocenters. The third-order valence-corrected chi connectivity index (χ3v) is 13.9. The van der Waals surface area contributed by atoms with Crippen LogP contribution in [0.25, 0.3) is 56.2 Å². The van der Waals surface area contributed by atoms with Crippen molar-refractivity contribution in [2.75, 3.05) is 0 Å². The van der Waals surface area contributed by atoms with Gasteiger partial charge in [0.2, 0.25) is 0 Å². The second kappa shape index (κ2) is 14.4. The highest BCUT2D eigenvalue weighted by Gasteiger charge is 2.52. The van der Waals surface area contributed by atoms with E-state index in [0.717, 1.165) is 44.8 Å². The molecule has 61 heavy (non-hydrogen) atoms. The molecule has 4 heteroatoms. The van der Waals surface area contributed by atoms with Crippen LogP contribution in [0.1, 0.15) is 52.8 Å². The van der Waals surface area contributed by atoms with Crippen molar-refractivity contribution in [1.29, 1.82) is 5.26 Å². The van der Waals surface area contributed by atoms with Gasteiger partial charge in [-0.3, -0.25) is 0 Å². The van der Waals surface area contributed by atoms with Gasteiger partial charge in [0.05, 0.1) is 28.4 Å². The minimum atomic E-state index is -0.475. The SMILES string of the molecule is CC1(C)c2ccccc2C2(c3ccccc3Sc3c(-c4ccc(-c5cc(-c6ccccc6)nc(-c6cccc(-c7cccc(C#N)c7)c6)n5)cc4)cccc32)c2ccccc21. The Bertz CT molecular complexity index is 3160. The van der Waals surface area contributed by atoms with Gasteiger partial charge in [0.25, 0.3) is 0 Å². The van der Waals surface area contributed by atoms with E-state index in [1.807, 2.05) is 60.3 Å². The molecule has 8 aromatic carbocycles. The van der Waals surface area contributed by atoms with E-state index in [1.165, 1.54) is 48.7 Å². The van der Waals surface area contributed by atoms with Crippen LogP contribution in [0.2, 0.25) is 0 Å². The van der Waals surface area contributed by atoms with Gasteiger partial charge < -0.3 is 0 Å². The zero-order valence-electron chi connectivity index (χ0n) is 33.8. The van der Waals surface area contributed by atoms with Gasteiger partial charge in [-0.25, -0.2) is 9.97 Å². The van der Waals surface area contributed by atoms with Crippen LogP contribution in [0.15, 0.2) is 210 Å². The number of nitrogens with zero attached hydrogens (tertiary/aromatic N) is 3. The monoisotopic (exact) mass is 797 g/mol. The van der Waals surface area contributed by atoms with E-state index >= 15 is 0 Å². The summed E-state index contributed by atoms with van der Waals surface area (Å²) < 4.78 is 0. The lowest BCUT2D eigenvalue weighted by Crippen LogP contribution is -2.43. The average molecular weight is 798 g/mol. The molecule has 0 fully saturated rings. The first-order valence-electron chi connectivity index (χ1n) is 20.7. The lowest BCUT2D eigenvalue weighted by Gasteiger charge is -2.50. The molecular formula is C57H39N3S. The van der Waals surface area contributed by atoms with Crippen LogP contribution in [0.4, 0.5) is 0 Å². The Labute approximate surface area is 361 Å². The Kier molecular flexibility index (Phi) is 8.70. The van der Waals surface area contributed by atoms with E-state index in [9.17, 15) is 5.26 Å². The molecule has 9 aromatic rings. The first kappa shape index (κ1) is 36.7. The molecule has 0 bridgehead atoms. The van der Waals surface area contributed by atoms with Crippen LogP contribution < -0.4 is 0 Å². The number of fused-ring (bicyclic) bond motifs is 8. The number of hydrogen-bond acceptors (Lipinski definition) is 4. The zero-order chi connectivity index (χ0) is 41.1. The first-order valence-corrected chi connectivity index (χ1v) is 21.5. The molecule has 0 radical (unpaired) electrons. The molecule has 0 amide bonds. The summed E-state index contributed by atoms with van der Waals surface area (Å²) >= 11 is 1.89. The second-order valence-corrected chi connectivity index (χ2v) is 17.5. The van der Waals surface area contributed by atoms with Gasteiger partial charge in [-0.15, -0.1) is 0 Å². The predicted molar refractivity (Wildman–Crippen MR) is 248 cm³/mol. The summed E-state index contributed by atoms with van der Waals surface area (Å²) in [6, 6.07) is 73.6. The second-order valence-electron chi connectivity index (χ2n) is 16.4. The molecule has 11 rings (SSSR count). The maximum atomic E-state index is 9.55. The highest BCUT2D eigenvalue weighted by atomic mass is 32.2. The highest BCUT2D eigenvalue weighted by Crippen LogP contribution is 2.62. The Hall–Kier alpha value is -7.32. The van der Waals surface area contributed by atoms with Gasteiger partial charge in [0.1, 0.15) is 0 Å². The number of aromatic nitrogens is 2. The summed E-state index contributed by atoms with van der Waals surface area (Å²) in [5, 5.41) is 9.55. The van der Waals surface area contributed by atoms with E-state index in [1.54, 1.807) is 0 Å². The van der Waals surface area contributed by atoms with Gasteiger partial charge in [-0.1, -0.05) is 195 Å². The normalized spacial score (nSPS) is 13.9. The molecule has 1 aliphatic heterocycles. The summed E-state index contributed by atoms with van der Waals surface area (Å²) in [5.74, 6) is 0.646. The standard InChI is InChI=1S/C57H39N3S/c1-56(2)45-22-6-8-24-47(45)57(48-25-9-7-23-46(48)56)49-26-10-11-28-53(49)61-54-44(21-14-27-50(54)57)38-29-31-40(32-30-38)52-35-51(39-16-4-3-5-17-39)59-55(60-52)43-20-13-19-42(34-43)41-18-12-15-37(33-41)36-58/h3-35H,1-2H3. The maximum Gasteiger partial charge on any atom is 0.160 e. The van der Waals surface area contributed by atoms with E-state index in [2.05, 4.69) is 172 Å². The average Bonchev–Trinajstić information content (AvgIpc) is 3.33. The minimum absolute atomic E-state index is 0.153. The predicted octanol–water partition coefficient (Wildman–Crippen LogP) is 14.2. The van der Waals surface area contributed by atoms with E-state index in [4.69, 9.17) is 9.97 Å². The van der Waals surface area contributed by atoms with E-state index in [0.29, 0.717) is 11.4 Å². The van der Waals surface area contributed by atoms with E-state index < -0.39 is 5.41 Å². The summed E-state index contributed by atoms with van der Waals surface area (Å²) in [4.78, 5) is 12.9. The fraction of sp³-hybridized carbons (Fsp3) is 0.0702. The molecule has 1 spiro atoms. The fourth-order valence-electron chi connectivity index (χ4n) is 9.78. The molecule has 0 atom stereocenters. The van der Waals surface area contributed by atoms with Gasteiger partial charge >= 0.3 is 0 Å². The van der Waals surface area contributed by atoms with Crippen molar-refractivity contribution in [3.63, 3.8) is 0 Å². The van der Waals surface area contributed by atoms with Crippen molar-refractivity contribution < 1.29 is 0 Å². The maximum absolute atomic E-state index is 9.55. The molecule has 0 saturated heterocycles. The third kappa shape index (κ3) is 5.88. The van der Waals surface area contributed by atoms with Crippen LogP contribution in [-0.2, 0) is 10.8 Å². The van der Waals surface area contributed by atoms with Crippen LogP contribution in [0, 0.1) is 11.3 Å². The largest absolute Gasteiger partial charge is 0.228 e. The van der Waals surface area contributed by atoms with Crippen molar-refractivity contribution in [3.8, 4) is 62.2 Å². The van der Waals surface area contributed by atoms with Crippen LogP contribution in [0.5, 0.6) is 0 Å². The smallest absolute Gasteiger partial charge is 0.160 e.